The second-order valence-corrected chi connectivity index (χ2v) is 6.41. The van der Waals surface area contributed by atoms with E-state index >= 15 is 0 Å². The van der Waals surface area contributed by atoms with Gasteiger partial charge in [-0.3, -0.25) is 0 Å². The molecule has 27 heavy (non-hydrogen) atoms. The lowest BCUT2D eigenvalue weighted by Gasteiger charge is -2.35. The highest BCUT2D eigenvalue weighted by Crippen LogP contribution is 2.32. The molecule has 140 valence electrons. The van der Waals surface area contributed by atoms with Crippen LogP contribution in [0.5, 0.6) is 0 Å². The van der Waals surface area contributed by atoms with Crippen molar-refractivity contribution in [1.82, 2.24) is 19.9 Å². The third-order valence-electron chi connectivity index (χ3n) is 4.50. The Morgan fingerprint density at radius 3 is 2.26 bits per heavy atom. The van der Waals surface area contributed by atoms with Crippen LogP contribution < -0.4 is 9.80 Å². The minimum Gasteiger partial charge on any atom is -0.352 e. The first-order valence-corrected chi connectivity index (χ1v) is 8.54. The van der Waals surface area contributed by atoms with Gasteiger partial charge in [0, 0.05) is 44.0 Å². The van der Waals surface area contributed by atoms with Gasteiger partial charge in [-0.15, -0.1) is 0 Å². The number of rotatable bonds is 2. The zero-order valence-electron chi connectivity index (χ0n) is 14.6. The summed E-state index contributed by atoms with van der Waals surface area (Å²) in [6, 6.07) is 6.94. The first-order valence-electron chi connectivity index (χ1n) is 8.54. The van der Waals surface area contributed by atoms with Crippen molar-refractivity contribution < 1.29 is 13.2 Å². The van der Waals surface area contributed by atoms with Gasteiger partial charge in [0.25, 0.3) is 0 Å². The summed E-state index contributed by atoms with van der Waals surface area (Å²) in [4.78, 5) is 19.9. The van der Waals surface area contributed by atoms with Crippen molar-refractivity contribution >= 4 is 22.7 Å². The highest BCUT2D eigenvalue weighted by atomic mass is 19.4. The average Bonchev–Trinajstić information content (AvgIpc) is 2.67. The van der Waals surface area contributed by atoms with E-state index in [1.165, 1.54) is 0 Å². The van der Waals surface area contributed by atoms with Gasteiger partial charge in [0.15, 0.2) is 0 Å². The number of piperazine rings is 1. The third-order valence-corrected chi connectivity index (χ3v) is 4.50. The Hall–Kier alpha value is -2.97. The number of nitrogens with zero attached hydrogens (tertiary/aromatic N) is 6. The van der Waals surface area contributed by atoms with Crippen molar-refractivity contribution in [3.63, 3.8) is 0 Å². The van der Waals surface area contributed by atoms with Gasteiger partial charge in [-0.1, -0.05) is 11.6 Å². The van der Waals surface area contributed by atoms with Gasteiger partial charge in [0.05, 0.1) is 5.52 Å². The fourth-order valence-electron chi connectivity index (χ4n) is 3.17. The second-order valence-electron chi connectivity index (χ2n) is 6.41. The Morgan fingerprint density at radius 2 is 1.59 bits per heavy atom. The van der Waals surface area contributed by atoms with Crippen LogP contribution in [0.25, 0.3) is 10.9 Å². The lowest BCUT2D eigenvalue weighted by atomic mass is 10.1. The quantitative estimate of drug-likeness (QED) is 0.687. The van der Waals surface area contributed by atoms with E-state index in [0.29, 0.717) is 48.8 Å². The molecule has 4 rings (SSSR count). The molecule has 0 bridgehead atoms. The lowest BCUT2D eigenvalue weighted by Crippen LogP contribution is -2.47. The van der Waals surface area contributed by atoms with Crippen LogP contribution in [0.4, 0.5) is 24.9 Å². The Morgan fingerprint density at radius 1 is 0.926 bits per heavy atom. The molecule has 9 heteroatoms. The van der Waals surface area contributed by atoms with E-state index in [-0.39, 0.29) is 0 Å². The highest BCUT2D eigenvalue weighted by Gasteiger charge is 2.36. The van der Waals surface area contributed by atoms with E-state index in [9.17, 15) is 13.2 Å². The molecule has 0 saturated carbocycles. The number of halogens is 3. The van der Waals surface area contributed by atoms with Gasteiger partial charge in [-0.05, 0) is 25.1 Å². The molecule has 1 aromatic carbocycles. The van der Waals surface area contributed by atoms with E-state index in [1.54, 1.807) is 30.6 Å². The molecule has 1 aliphatic rings. The number of anilines is 2. The van der Waals surface area contributed by atoms with E-state index < -0.39 is 12.0 Å². The summed E-state index contributed by atoms with van der Waals surface area (Å²) in [5, 5.41) is 0.632. The minimum atomic E-state index is -4.59. The predicted octanol–water partition coefficient (Wildman–Crippen LogP) is 3.07. The van der Waals surface area contributed by atoms with Crippen LogP contribution in [0.15, 0.2) is 36.7 Å². The van der Waals surface area contributed by atoms with Crippen molar-refractivity contribution in [2.75, 3.05) is 36.0 Å². The summed E-state index contributed by atoms with van der Waals surface area (Å²) >= 11 is 0. The zero-order valence-corrected chi connectivity index (χ0v) is 14.6. The number of hydrogen-bond acceptors (Lipinski definition) is 6. The van der Waals surface area contributed by atoms with Gasteiger partial charge in [0.1, 0.15) is 5.82 Å². The van der Waals surface area contributed by atoms with E-state index in [4.69, 9.17) is 0 Å². The van der Waals surface area contributed by atoms with Crippen molar-refractivity contribution in [2.24, 2.45) is 0 Å². The molecule has 3 aromatic rings. The summed E-state index contributed by atoms with van der Waals surface area (Å²) in [6.07, 6.45) is -1.25. The Labute approximate surface area is 153 Å². The van der Waals surface area contributed by atoms with E-state index in [2.05, 4.69) is 19.9 Å². The standard InChI is InChI=1S/C18H17F3N6/c1-12-3-4-14-13(11-12)15(25-16(24-14)18(19,20)21)26-7-9-27(10-8-26)17-22-5-2-6-23-17/h2-6,11H,7-10H2,1H3. The van der Waals surface area contributed by atoms with Crippen LogP contribution in [-0.2, 0) is 6.18 Å². The Bertz CT molecular complexity index is 952. The molecule has 3 heterocycles. The highest BCUT2D eigenvalue weighted by molar-refractivity contribution is 5.90. The van der Waals surface area contributed by atoms with Crippen molar-refractivity contribution in [1.29, 1.82) is 0 Å². The first kappa shape index (κ1) is 17.4. The number of alkyl halides is 3. The van der Waals surface area contributed by atoms with Crippen molar-refractivity contribution in [3.8, 4) is 0 Å². The Balaban J connectivity index is 1.68. The SMILES string of the molecule is Cc1ccc2nc(C(F)(F)F)nc(N3CCN(c4ncccn4)CC3)c2c1. The number of aromatic nitrogens is 4. The molecule has 0 amide bonds. The molecule has 0 radical (unpaired) electrons. The molecule has 6 nitrogen and oxygen atoms in total. The third kappa shape index (κ3) is 3.49. The Kier molecular flexibility index (Phi) is 4.29. The fourth-order valence-corrected chi connectivity index (χ4v) is 3.17. The largest absolute Gasteiger partial charge is 0.451 e. The van der Waals surface area contributed by atoms with Crippen LogP contribution in [0.1, 0.15) is 11.4 Å². The van der Waals surface area contributed by atoms with Gasteiger partial charge in [-0.25, -0.2) is 19.9 Å². The summed E-state index contributed by atoms with van der Waals surface area (Å²) < 4.78 is 39.8. The van der Waals surface area contributed by atoms with Crippen LogP contribution >= 0.6 is 0 Å². The average molecular weight is 374 g/mol. The molecule has 0 unspecified atom stereocenters. The van der Waals surface area contributed by atoms with Gasteiger partial charge < -0.3 is 9.80 Å². The normalized spacial score (nSPS) is 15.4. The molecule has 0 N–H and O–H groups in total. The zero-order chi connectivity index (χ0) is 19.0. The summed E-state index contributed by atoms with van der Waals surface area (Å²) in [5.74, 6) is -0.163. The van der Waals surface area contributed by atoms with Crippen LogP contribution in [0.3, 0.4) is 0 Å². The first-order chi connectivity index (χ1) is 12.9. The number of fused-ring (bicyclic) bond motifs is 1. The topological polar surface area (TPSA) is 58.0 Å². The number of benzene rings is 1. The predicted molar refractivity (Wildman–Crippen MR) is 95.7 cm³/mol. The van der Waals surface area contributed by atoms with Gasteiger partial charge >= 0.3 is 6.18 Å². The number of aryl methyl sites for hydroxylation is 1. The molecule has 1 fully saturated rings. The smallest absolute Gasteiger partial charge is 0.352 e. The molecule has 0 atom stereocenters. The second kappa shape index (κ2) is 6.64. The summed E-state index contributed by atoms with van der Waals surface area (Å²) in [5.41, 5.74) is 1.25. The maximum Gasteiger partial charge on any atom is 0.451 e. The van der Waals surface area contributed by atoms with E-state index in [1.807, 2.05) is 22.8 Å². The molecule has 0 spiro atoms. The van der Waals surface area contributed by atoms with Gasteiger partial charge in [-0.2, -0.15) is 13.2 Å². The molecule has 1 aliphatic heterocycles. The minimum absolute atomic E-state index is 0.298. The van der Waals surface area contributed by atoms with Crippen LogP contribution in [0, 0.1) is 6.92 Å². The number of hydrogen-bond donors (Lipinski definition) is 0. The lowest BCUT2D eigenvalue weighted by molar-refractivity contribution is -0.144. The fraction of sp³-hybridized carbons (Fsp3) is 0.333. The van der Waals surface area contributed by atoms with Crippen LogP contribution in [0.2, 0.25) is 0 Å². The molecule has 0 aliphatic carbocycles. The van der Waals surface area contributed by atoms with E-state index in [0.717, 1.165) is 5.56 Å². The molecular formula is C18H17F3N6. The van der Waals surface area contributed by atoms with Crippen molar-refractivity contribution in [3.05, 3.63) is 48.0 Å². The van der Waals surface area contributed by atoms with Gasteiger partial charge in [0.2, 0.25) is 11.8 Å². The maximum absolute atomic E-state index is 13.3. The molecule has 2 aromatic heterocycles. The van der Waals surface area contributed by atoms with Crippen LogP contribution in [-0.4, -0.2) is 46.1 Å². The summed E-state index contributed by atoms with van der Waals surface area (Å²) in [6.45, 7) is 4.14. The monoisotopic (exact) mass is 374 g/mol. The molecular weight excluding hydrogens is 357 g/mol. The summed E-state index contributed by atoms with van der Waals surface area (Å²) in [7, 11) is 0. The van der Waals surface area contributed by atoms with Crippen molar-refractivity contribution in [2.45, 2.75) is 13.1 Å². The molecule has 1 saturated heterocycles. The maximum atomic E-state index is 13.3.